The van der Waals surface area contributed by atoms with Crippen LogP contribution in [0.3, 0.4) is 0 Å². The number of ketones is 1. The first kappa shape index (κ1) is 11.5. The molecule has 0 N–H and O–H groups in total. The third kappa shape index (κ3) is 2.24. The van der Waals surface area contributed by atoms with Crippen molar-refractivity contribution in [2.45, 2.75) is 12.8 Å². The Labute approximate surface area is 103 Å². The van der Waals surface area contributed by atoms with Crippen LogP contribution in [0, 0.1) is 18.3 Å². The predicted molar refractivity (Wildman–Crippen MR) is 66.0 cm³/mol. The molecule has 0 fully saturated rings. The van der Waals surface area contributed by atoms with Crippen molar-refractivity contribution >= 4 is 17.1 Å². The van der Waals surface area contributed by atoms with E-state index < -0.39 is 5.92 Å². The highest BCUT2D eigenvalue weighted by Crippen LogP contribution is 2.23. The smallest absolute Gasteiger partial charge is 0.185 e. The zero-order chi connectivity index (χ0) is 12.3. The molecule has 1 unspecified atom stereocenters. The number of hydrogen-bond acceptors (Lipinski definition) is 4. The fourth-order valence-electron chi connectivity index (χ4n) is 1.60. The first-order chi connectivity index (χ1) is 8.24. The first-order valence-corrected chi connectivity index (χ1v) is 6.05. The minimum absolute atomic E-state index is 0.153. The maximum absolute atomic E-state index is 12.2. The zero-order valence-electron chi connectivity index (χ0n) is 9.25. The quantitative estimate of drug-likeness (QED) is 0.777. The summed E-state index contributed by atoms with van der Waals surface area (Å²) in [4.78, 5) is 16.2. The number of hydrogen-bond donors (Lipinski definition) is 0. The van der Waals surface area contributed by atoms with Crippen molar-refractivity contribution < 1.29 is 4.79 Å². The molecule has 0 saturated carbocycles. The molecular formula is C13H10N2OS. The van der Waals surface area contributed by atoms with E-state index in [2.05, 4.69) is 4.98 Å². The summed E-state index contributed by atoms with van der Waals surface area (Å²) in [6.07, 6.45) is 3.19. The monoisotopic (exact) mass is 242 g/mol. The van der Waals surface area contributed by atoms with Gasteiger partial charge in [-0.3, -0.25) is 9.78 Å². The van der Waals surface area contributed by atoms with Crippen molar-refractivity contribution in [2.24, 2.45) is 0 Å². The van der Waals surface area contributed by atoms with Crippen LogP contribution in [0.2, 0.25) is 0 Å². The normalized spacial score (nSPS) is 11.8. The first-order valence-electron chi connectivity index (χ1n) is 5.10. The molecule has 0 radical (unpaired) electrons. The molecule has 0 bridgehead atoms. The molecule has 1 atom stereocenters. The van der Waals surface area contributed by atoms with Crippen LogP contribution in [0.15, 0.2) is 35.3 Å². The Morgan fingerprint density at radius 3 is 2.88 bits per heavy atom. The number of Topliss-reactive ketones (excluding diaryl/α,β-unsaturated/α-hetero) is 1. The summed E-state index contributed by atoms with van der Waals surface area (Å²) < 4.78 is 0. The average molecular weight is 242 g/mol. The van der Waals surface area contributed by atoms with E-state index in [9.17, 15) is 4.79 Å². The summed E-state index contributed by atoms with van der Waals surface area (Å²) in [6, 6.07) is 5.53. The van der Waals surface area contributed by atoms with E-state index in [4.69, 9.17) is 5.26 Å². The number of carbonyl (C=O) groups excluding carboxylic acids is 1. The van der Waals surface area contributed by atoms with Gasteiger partial charge in [0.25, 0.3) is 0 Å². The van der Waals surface area contributed by atoms with Gasteiger partial charge < -0.3 is 0 Å². The van der Waals surface area contributed by atoms with Crippen LogP contribution in [0.25, 0.3) is 0 Å². The lowest BCUT2D eigenvalue weighted by Gasteiger charge is -2.07. The van der Waals surface area contributed by atoms with Crippen LogP contribution in [-0.4, -0.2) is 10.8 Å². The molecule has 0 amide bonds. The number of nitrogens with zero attached hydrogens (tertiary/aromatic N) is 2. The van der Waals surface area contributed by atoms with Gasteiger partial charge in [-0.2, -0.15) is 16.6 Å². The lowest BCUT2D eigenvalue weighted by molar-refractivity contribution is 0.0978. The van der Waals surface area contributed by atoms with Gasteiger partial charge in [-0.15, -0.1) is 0 Å². The number of pyridine rings is 1. The summed E-state index contributed by atoms with van der Waals surface area (Å²) in [5.41, 5.74) is 2.19. The van der Waals surface area contributed by atoms with Gasteiger partial charge in [-0.1, -0.05) is 6.07 Å². The number of carbonyl (C=O) groups is 1. The number of aromatic nitrogens is 1. The van der Waals surface area contributed by atoms with Crippen molar-refractivity contribution in [3.8, 4) is 6.07 Å². The molecule has 17 heavy (non-hydrogen) atoms. The summed E-state index contributed by atoms with van der Waals surface area (Å²) in [5, 5.41) is 12.8. The highest BCUT2D eigenvalue weighted by molar-refractivity contribution is 7.08. The number of aryl methyl sites for hydroxylation is 1. The fourth-order valence-corrected chi connectivity index (χ4v) is 2.44. The summed E-state index contributed by atoms with van der Waals surface area (Å²) in [7, 11) is 0. The minimum atomic E-state index is -0.767. The molecule has 2 rings (SSSR count). The van der Waals surface area contributed by atoms with E-state index in [1.54, 1.807) is 29.9 Å². The van der Waals surface area contributed by atoms with Gasteiger partial charge in [0.2, 0.25) is 0 Å². The number of nitriles is 1. The van der Waals surface area contributed by atoms with E-state index in [1.165, 1.54) is 11.3 Å². The van der Waals surface area contributed by atoms with Crippen LogP contribution >= 0.6 is 11.3 Å². The minimum Gasteiger partial charge on any atom is -0.292 e. The van der Waals surface area contributed by atoms with Gasteiger partial charge in [0.15, 0.2) is 5.78 Å². The van der Waals surface area contributed by atoms with Crippen molar-refractivity contribution in [1.29, 1.82) is 5.26 Å². The summed E-state index contributed by atoms with van der Waals surface area (Å²) in [6.45, 7) is 1.88. The van der Waals surface area contributed by atoms with Crippen LogP contribution in [0.4, 0.5) is 0 Å². The van der Waals surface area contributed by atoms with Gasteiger partial charge >= 0.3 is 0 Å². The fraction of sp³-hybridized carbons (Fsp3) is 0.154. The average Bonchev–Trinajstić information content (AvgIpc) is 2.77. The Morgan fingerprint density at radius 2 is 2.35 bits per heavy atom. The topological polar surface area (TPSA) is 53.8 Å². The second-order valence-corrected chi connectivity index (χ2v) is 4.42. The van der Waals surface area contributed by atoms with Crippen molar-refractivity contribution in [3.05, 3.63) is 52.0 Å². The van der Waals surface area contributed by atoms with Crippen LogP contribution in [0.1, 0.15) is 27.4 Å². The highest BCUT2D eigenvalue weighted by atomic mass is 32.1. The molecule has 0 spiro atoms. The van der Waals surface area contributed by atoms with Gasteiger partial charge in [-0.05, 0) is 29.5 Å². The second kappa shape index (κ2) is 4.89. The van der Waals surface area contributed by atoms with Gasteiger partial charge in [0, 0.05) is 23.3 Å². The van der Waals surface area contributed by atoms with Gasteiger partial charge in [0.1, 0.15) is 5.92 Å². The van der Waals surface area contributed by atoms with E-state index in [1.807, 2.05) is 18.4 Å². The third-order valence-corrected chi connectivity index (χ3v) is 3.39. The SMILES string of the molecule is Cc1cscc1C(=O)C(C#N)c1cccnc1. The van der Waals surface area contributed by atoms with Crippen LogP contribution in [-0.2, 0) is 0 Å². The van der Waals surface area contributed by atoms with Crippen molar-refractivity contribution in [2.75, 3.05) is 0 Å². The molecule has 0 aromatic carbocycles. The Balaban J connectivity index is 2.36. The maximum Gasteiger partial charge on any atom is 0.185 e. The largest absolute Gasteiger partial charge is 0.292 e. The molecule has 0 saturated heterocycles. The van der Waals surface area contributed by atoms with E-state index in [-0.39, 0.29) is 5.78 Å². The predicted octanol–water partition coefficient (Wildman–Crippen LogP) is 2.94. The van der Waals surface area contributed by atoms with E-state index in [0.29, 0.717) is 11.1 Å². The highest BCUT2D eigenvalue weighted by Gasteiger charge is 2.23. The van der Waals surface area contributed by atoms with Crippen molar-refractivity contribution in [3.63, 3.8) is 0 Å². The lowest BCUT2D eigenvalue weighted by Crippen LogP contribution is -2.11. The Hall–Kier alpha value is -1.99. The Bertz CT molecular complexity index is 569. The number of thiophene rings is 1. The summed E-state index contributed by atoms with van der Waals surface area (Å²) >= 11 is 1.47. The van der Waals surface area contributed by atoms with Gasteiger partial charge in [-0.25, -0.2) is 0 Å². The molecule has 0 aliphatic rings. The second-order valence-electron chi connectivity index (χ2n) is 3.68. The molecule has 0 aliphatic carbocycles. The molecule has 2 heterocycles. The molecule has 84 valence electrons. The number of rotatable bonds is 3. The molecule has 3 nitrogen and oxygen atoms in total. The third-order valence-electron chi connectivity index (χ3n) is 2.53. The molecule has 2 aromatic heterocycles. The maximum atomic E-state index is 12.2. The zero-order valence-corrected chi connectivity index (χ0v) is 10.1. The van der Waals surface area contributed by atoms with Crippen molar-refractivity contribution in [1.82, 2.24) is 4.98 Å². The van der Waals surface area contributed by atoms with E-state index >= 15 is 0 Å². The van der Waals surface area contributed by atoms with Crippen LogP contribution < -0.4 is 0 Å². The van der Waals surface area contributed by atoms with E-state index in [0.717, 1.165) is 5.56 Å². The lowest BCUT2D eigenvalue weighted by atomic mass is 9.93. The Morgan fingerprint density at radius 1 is 1.53 bits per heavy atom. The van der Waals surface area contributed by atoms with Crippen LogP contribution in [0.5, 0.6) is 0 Å². The Kier molecular flexibility index (Phi) is 3.31. The molecule has 0 aliphatic heterocycles. The molecule has 2 aromatic rings. The standard InChI is InChI=1S/C13H10N2OS/c1-9-7-17-8-12(9)13(16)11(5-14)10-3-2-4-15-6-10/h2-4,6-8,11H,1H3. The summed E-state index contributed by atoms with van der Waals surface area (Å²) in [5.74, 6) is -0.920. The van der Waals surface area contributed by atoms with Gasteiger partial charge in [0.05, 0.1) is 6.07 Å². The molecular weight excluding hydrogens is 232 g/mol. The molecule has 4 heteroatoms.